The van der Waals surface area contributed by atoms with E-state index in [2.05, 4.69) is 48.5 Å². The first-order chi connectivity index (χ1) is 15.7. The van der Waals surface area contributed by atoms with Crippen LogP contribution in [0.1, 0.15) is 11.3 Å². The quantitative estimate of drug-likeness (QED) is 0.320. The Hall–Kier alpha value is -2.79. The molecule has 1 aliphatic heterocycles. The van der Waals surface area contributed by atoms with Crippen LogP contribution in [0.2, 0.25) is 0 Å². The van der Waals surface area contributed by atoms with Gasteiger partial charge in [-0.3, -0.25) is 9.79 Å². The lowest BCUT2D eigenvalue weighted by Crippen LogP contribution is -2.37. The maximum atomic E-state index is 11.9. The van der Waals surface area contributed by atoms with Gasteiger partial charge in [0.2, 0.25) is 0 Å². The van der Waals surface area contributed by atoms with Gasteiger partial charge in [-0.05, 0) is 46.4 Å². The van der Waals surface area contributed by atoms with Crippen LogP contribution in [-0.2, 0) is 17.8 Å². The summed E-state index contributed by atoms with van der Waals surface area (Å²) in [4.78, 5) is 27.7. The normalized spacial score (nSPS) is 14.1. The van der Waals surface area contributed by atoms with Crippen molar-refractivity contribution in [2.45, 2.75) is 13.1 Å². The summed E-state index contributed by atoms with van der Waals surface area (Å²) in [6.07, 6.45) is 3.59. The smallest absolute Gasteiger partial charge is 0.318 e. The SMILES string of the molecule is O=c1ccccn1CCOc1nc(CN=Cc2cccc(I)c2)cc(N2CCOCC2)n1. The third kappa shape index (κ3) is 6.36. The van der Waals surface area contributed by atoms with Crippen molar-refractivity contribution in [2.75, 3.05) is 37.8 Å². The van der Waals surface area contributed by atoms with E-state index in [-0.39, 0.29) is 11.6 Å². The molecule has 0 aliphatic carbocycles. The van der Waals surface area contributed by atoms with Crippen molar-refractivity contribution in [2.24, 2.45) is 4.99 Å². The topological polar surface area (TPSA) is 81.8 Å². The van der Waals surface area contributed by atoms with Gasteiger partial charge in [0.1, 0.15) is 12.4 Å². The molecule has 3 heterocycles. The van der Waals surface area contributed by atoms with Crippen LogP contribution < -0.4 is 15.2 Å². The van der Waals surface area contributed by atoms with E-state index in [0.717, 1.165) is 33.7 Å². The number of halogens is 1. The molecule has 32 heavy (non-hydrogen) atoms. The highest BCUT2D eigenvalue weighted by Crippen LogP contribution is 2.18. The Balaban J connectivity index is 1.48. The number of hydrogen-bond acceptors (Lipinski definition) is 7. The van der Waals surface area contributed by atoms with E-state index in [4.69, 9.17) is 9.47 Å². The molecular weight excluding hydrogens is 521 g/mol. The van der Waals surface area contributed by atoms with Gasteiger partial charge in [-0.1, -0.05) is 18.2 Å². The third-order valence-electron chi connectivity index (χ3n) is 4.88. The summed E-state index contributed by atoms with van der Waals surface area (Å²) in [6.45, 7) is 3.99. The zero-order chi connectivity index (χ0) is 22.2. The molecule has 0 unspecified atom stereocenters. The molecule has 0 atom stereocenters. The van der Waals surface area contributed by atoms with Crippen LogP contribution in [0.5, 0.6) is 6.01 Å². The third-order valence-corrected chi connectivity index (χ3v) is 5.56. The average molecular weight is 545 g/mol. The van der Waals surface area contributed by atoms with E-state index in [9.17, 15) is 4.79 Å². The highest BCUT2D eigenvalue weighted by molar-refractivity contribution is 14.1. The van der Waals surface area contributed by atoms with Crippen LogP contribution in [0.4, 0.5) is 5.82 Å². The number of anilines is 1. The van der Waals surface area contributed by atoms with Crippen molar-refractivity contribution in [3.05, 3.63) is 79.9 Å². The molecule has 0 radical (unpaired) electrons. The number of aromatic nitrogens is 3. The first-order valence-corrected chi connectivity index (χ1v) is 11.5. The highest BCUT2D eigenvalue weighted by atomic mass is 127. The summed E-state index contributed by atoms with van der Waals surface area (Å²) in [5.41, 5.74) is 1.75. The Morgan fingerprint density at radius 3 is 2.81 bits per heavy atom. The van der Waals surface area contributed by atoms with Gasteiger partial charge >= 0.3 is 6.01 Å². The second-order valence-corrected chi connectivity index (χ2v) is 8.45. The van der Waals surface area contributed by atoms with Crippen LogP contribution in [0.25, 0.3) is 0 Å². The van der Waals surface area contributed by atoms with Crippen LogP contribution in [0, 0.1) is 3.57 Å². The maximum Gasteiger partial charge on any atom is 0.318 e. The Kier molecular flexibility index (Phi) is 7.83. The predicted octanol–water partition coefficient (Wildman–Crippen LogP) is 2.78. The fourth-order valence-corrected chi connectivity index (χ4v) is 3.84. The van der Waals surface area contributed by atoms with Crippen molar-refractivity contribution < 1.29 is 9.47 Å². The lowest BCUT2D eigenvalue weighted by Gasteiger charge is -2.28. The van der Waals surface area contributed by atoms with E-state index in [0.29, 0.717) is 32.9 Å². The molecule has 4 rings (SSSR count). The van der Waals surface area contributed by atoms with Crippen molar-refractivity contribution in [3.8, 4) is 6.01 Å². The molecule has 166 valence electrons. The maximum absolute atomic E-state index is 11.9. The number of morpholine rings is 1. The van der Waals surface area contributed by atoms with Gasteiger partial charge in [-0.2, -0.15) is 9.97 Å². The van der Waals surface area contributed by atoms with Crippen molar-refractivity contribution in [1.29, 1.82) is 0 Å². The van der Waals surface area contributed by atoms with Gasteiger partial charge in [0.05, 0.1) is 32.0 Å². The Bertz CT molecular complexity index is 1130. The summed E-state index contributed by atoms with van der Waals surface area (Å²) < 4.78 is 14.0. The number of rotatable bonds is 8. The minimum atomic E-state index is -0.0651. The van der Waals surface area contributed by atoms with Gasteiger partial charge in [0.25, 0.3) is 5.56 Å². The van der Waals surface area contributed by atoms with Crippen LogP contribution >= 0.6 is 22.6 Å². The summed E-state index contributed by atoms with van der Waals surface area (Å²) in [5.74, 6) is 0.801. The van der Waals surface area contributed by atoms with Gasteiger partial charge in [-0.25, -0.2) is 0 Å². The van der Waals surface area contributed by atoms with Crippen molar-refractivity contribution in [1.82, 2.24) is 14.5 Å². The molecule has 8 nitrogen and oxygen atoms in total. The van der Waals surface area contributed by atoms with Crippen LogP contribution in [0.15, 0.2) is 64.5 Å². The first-order valence-electron chi connectivity index (χ1n) is 10.4. The number of aliphatic imine (C=N–C) groups is 1. The van der Waals surface area contributed by atoms with Gasteiger partial charge in [0.15, 0.2) is 0 Å². The minimum absolute atomic E-state index is 0.0651. The molecule has 3 aromatic rings. The van der Waals surface area contributed by atoms with Gasteiger partial charge in [0, 0.05) is 41.2 Å². The van der Waals surface area contributed by atoms with E-state index in [1.807, 2.05) is 36.5 Å². The first kappa shape index (κ1) is 22.4. The number of nitrogens with zero attached hydrogens (tertiary/aromatic N) is 5. The Morgan fingerprint density at radius 1 is 1.12 bits per heavy atom. The van der Waals surface area contributed by atoms with Crippen LogP contribution in [-0.4, -0.2) is 53.7 Å². The van der Waals surface area contributed by atoms with Gasteiger partial charge < -0.3 is 18.9 Å². The molecule has 1 fully saturated rings. The molecule has 1 aromatic carbocycles. The Morgan fingerprint density at radius 2 is 2.00 bits per heavy atom. The fraction of sp³-hybridized carbons (Fsp3) is 0.304. The molecule has 1 saturated heterocycles. The van der Waals surface area contributed by atoms with E-state index in [1.165, 1.54) is 6.07 Å². The standard InChI is InChI=1S/C23H24IN5O3/c24-19-5-3-4-18(14-19)16-25-17-20-15-21(28-8-11-31-12-9-28)27-23(26-20)32-13-10-29-7-2-1-6-22(29)30/h1-7,14-16H,8-13,17H2. The monoisotopic (exact) mass is 545 g/mol. The number of pyridine rings is 1. The Labute approximate surface area is 200 Å². The lowest BCUT2D eigenvalue weighted by atomic mass is 10.2. The fourth-order valence-electron chi connectivity index (χ4n) is 3.27. The molecule has 1 aliphatic rings. The number of benzene rings is 1. The second-order valence-electron chi connectivity index (χ2n) is 7.21. The number of ether oxygens (including phenoxy) is 2. The highest BCUT2D eigenvalue weighted by Gasteiger charge is 2.15. The summed E-state index contributed by atoms with van der Waals surface area (Å²) in [7, 11) is 0. The largest absolute Gasteiger partial charge is 0.462 e. The summed E-state index contributed by atoms with van der Waals surface area (Å²) in [5, 5.41) is 0. The molecule has 0 saturated carbocycles. The van der Waals surface area contributed by atoms with Gasteiger partial charge in [-0.15, -0.1) is 0 Å². The molecule has 0 spiro atoms. The van der Waals surface area contributed by atoms with Crippen molar-refractivity contribution in [3.63, 3.8) is 0 Å². The van der Waals surface area contributed by atoms with E-state index < -0.39 is 0 Å². The lowest BCUT2D eigenvalue weighted by molar-refractivity contribution is 0.122. The molecular formula is C23H24IN5O3. The van der Waals surface area contributed by atoms with Crippen molar-refractivity contribution >= 4 is 34.6 Å². The van der Waals surface area contributed by atoms with Crippen LogP contribution in [0.3, 0.4) is 0 Å². The van der Waals surface area contributed by atoms with E-state index >= 15 is 0 Å². The molecule has 0 bridgehead atoms. The summed E-state index contributed by atoms with van der Waals surface area (Å²) in [6, 6.07) is 15.5. The summed E-state index contributed by atoms with van der Waals surface area (Å²) >= 11 is 2.29. The second kappa shape index (κ2) is 11.2. The average Bonchev–Trinajstić information content (AvgIpc) is 2.81. The van der Waals surface area contributed by atoms with E-state index in [1.54, 1.807) is 16.8 Å². The zero-order valence-corrected chi connectivity index (χ0v) is 19.7. The molecule has 0 N–H and O–H groups in total. The molecule has 2 aromatic heterocycles. The predicted molar refractivity (Wildman–Crippen MR) is 132 cm³/mol. The zero-order valence-electron chi connectivity index (χ0n) is 17.6. The molecule has 0 amide bonds. The molecule has 9 heteroatoms. The minimum Gasteiger partial charge on any atom is -0.462 e. The number of hydrogen-bond donors (Lipinski definition) is 0.